The molecule has 1 heterocycles. The molecule has 0 saturated carbocycles. The van der Waals surface area contributed by atoms with E-state index in [9.17, 15) is 4.79 Å². The van der Waals surface area contributed by atoms with E-state index in [0.717, 1.165) is 41.2 Å². The van der Waals surface area contributed by atoms with E-state index in [1.165, 1.54) is 0 Å². The number of carbonyl (C=O) groups is 1. The average Bonchev–Trinajstić information content (AvgIpc) is 2.96. The summed E-state index contributed by atoms with van der Waals surface area (Å²) >= 11 is 1.64. The predicted octanol–water partition coefficient (Wildman–Crippen LogP) is 3.03. The first-order chi connectivity index (χ1) is 8.61. The summed E-state index contributed by atoms with van der Waals surface area (Å²) < 4.78 is 0. The number of rotatable bonds is 4. The van der Waals surface area contributed by atoms with Crippen molar-refractivity contribution in [1.82, 2.24) is 9.88 Å². The van der Waals surface area contributed by atoms with E-state index in [0.29, 0.717) is 0 Å². The van der Waals surface area contributed by atoms with Crippen LogP contribution < -0.4 is 0 Å². The van der Waals surface area contributed by atoms with Gasteiger partial charge in [-0.25, -0.2) is 4.98 Å². The summed E-state index contributed by atoms with van der Waals surface area (Å²) in [5.41, 5.74) is 2.93. The Kier molecular flexibility index (Phi) is 3.97. The fourth-order valence-corrected chi connectivity index (χ4v) is 2.65. The first-order valence-electron chi connectivity index (χ1n) is 6.20. The van der Waals surface area contributed by atoms with E-state index < -0.39 is 0 Å². The molecule has 0 aliphatic heterocycles. The fraction of sp³-hybridized carbons (Fsp3) is 0.429. The van der Waals surface area contributed by atoms with Crippen LogP contribution in [0.2, 0.25) is 0 Å². The molecule has 4 heteroatoms. The van der Waals surface area contributed by atoms with Crippen molar-refractivity contribution in [2.24, 2.45) is 0 Å². The van der Waals surface area contributed by atoms with Crippen LogP contribution in [-0.4, -0.2) is 29.4 Å². The van der Waals surface area contributed by atoms with Crippen molar-refractivity contribution < 1.29 is 4.79 Å². The van der Waals surface area contributed by atoms with Gasteiger partial charge in [-0.1, -0.05) is 13.0 Å². The zero-order chi connectivity index (χ0) is 13.1. The van der Waals surface area contributed by atoms with Crippen LogP contribution in [0.3, 0.4) is 0 Å². The first-order valence-corrected chi connectivity index (χ1v) is 7.08. The summed E-state index contributed by atoms with van der Waals surface area (Å²) in [6.07, 6.45) is 5.77. The van der Waals surface area contributed by atoms with Gasteiger partial charge in [0.1, 0.15) is 0 Å². The maximum atomic E-state index is 12.1. The minimum Gasteiger partial charge on any atom is -0.342 e. The summed E-state index contributed by atoms with van der Waals surface area (Å²) in [7, 11) is 1.86. The Balaban J connectivity index is 2.09. The molecular weight excluding hydrogens is 244 g/mol. The molecule has 1 amide bonds. The number of amides is 1. The van der Waals surface area contributed by atoms with E-state index in [1.54, 1.807) is 16.2 Å². The molecule has 18 heavy (non-hydrogen) atoms. The van der Waals surface area contributed by atoms with Gasteiger partial charge in [0.2, 0.25) is 5.91 Å². The topological polar surface area (TPSA) is 33.2 Å². The highest BCUT2D eigenvalue weighted by Gasteiger charge is 2.18. The lowest BCUT2D eigenvalue weighted by atomic mass is 10.2. The number of likely N-dealkylation sites (N-methyl/N-ethyl adjacent to an activating group) is 1. The summed E-state index contributed by atoms with van der Waals surface area (Å²) in [5.74, 6) is 0.134. The van der Waals surface area contributed by atoms with E-state index >= 15 is 0 Å². The van der Waals surface area contributed by atoms with Crippen LogP contribution in [-0.2, 0) is 4.79 Å². The van der Waals surface area contributed by atoms with E-state index in [-0.39, 0.29) is 5.91 Å². The molecule has 1 aliphatic rings. The van der Waals surface area contributed by atoms with Crippen LogP contribution >= 0.6 is 11.3 Å². The molecule has 0 bridgehead atoms. The van der Waals surface area contributed by atoms with Crippen molar-refractivity contribution in [2.75, 3.05) is 13.6 Å². The van der Waals surface area contributed by atoms with Gasteiger partial charge in [0.15, 0.2) is 0 Å². The highest BCUT2D eigenvalue weighted by atomic mass is 32.1. The molecular formula is C14H18N2OS. The number of aromatic nitrogens is 1. The normalized spacial score (nSPS) is 14.4. The number of carbonyl (C=O) groups excluding carboxylic acids is 1. The second-order valence-electron chi connectivity index (χ2n) is 4.51. The Morgan fingerprint density at radius 2 is 2.33 bits per heavy atom. The van der Waals surface area contributed by atoms with Gasteiger partial charge in [-0.15, -0.1) is 11.3 Å². The third kappa shape index (κ3) is 2.70. The van der Waals surface area contributed by atoms with Gasteiger partial charge in [-0.05, 0) is 31.4 Å². The average molecular weight is 262 g/mol. The zero-order valence-corrected chi connectivity index (χ0v) is 11.9. The van der Waals surface area contributed by atoms with Crippen molar-refractivity contribution in [1.29, 1.82) is 0 Å². The Bertz CT molecular complexity index is 514. The molecule has 0 saturated heterocycles. The summed E-state index contributed by atoms with van der Waals surface area (Å²) in [6, 6.07) is 0. The Labute approximate surface area is 112 Å². The van der Waals surface area contributed by atoms with Crippen LogP contribution in [0.5, 0.6) is 0 Å². The molecule has 0 aromatic carbocycles. The van der Waals surface area contributed by atoms with Gasteiger partial charge in [-0.3, -0.25) is 4.79 Å². The number of nitrogens with zero attached hydrogens (tertiary/aromatic N) is 2. The standard InChI is InChI=1S/C14H18N2OS/c1-4-7-16(3)14(17)12-6-5-11(8-12)13-9-18-10(2)15-13/h5,8-9H,4,6-7H2,1-3H3. The monoisotopic (exact) mass is 262 g/mol. The van der Waals surface area contributed by atoms with Crippen LogP contribution in [0.1, 0.15) is 30.5 Å². The van der Waals surface area contributed by atoms with E-state index in [4.69, 9.17) is 0 Å². The maximum Gasteiger partial charge on any atom is 0.249 e. The molecule has 3 nitrogen and oxygen atoms in total. The minimum absolute atomic E-state index is 0.134. The Morgan fingerprint density at radius 1 is 1.56 bits per heavy atom. The lowest BCUT2D eigenvalue weighted by Crippen LogP contribution is -2.28. The molecule has 96 valence electrons. The highest BCUT2D eigenvalue weighted by Crippen LogP contribution is 2.27. The molecule has 0 N–H and O–H groups in total. The summed E-state index contributed by atoms with van der Waals surface area (Å²) in [6.45, 7) is 4.88. The zero-order valence-electron chi connectivity index (χ0n) is 11.1. The molecule has 2 rings (SSSR count). The second-order valence-corrected chi connectivity index (χ2v) is 5.57. The van der Waals surface area contributed by atoms with Crippen molar-refractivity contribution in [2.45, 2.75) is 26.7 Å². The van der Waals surface area contributed by atoms with Gasteiger partial charge < -0.3 is 4.90 Å². The molecule has 0 atom stereocenters. The van der Waals surface area contributed by atoms with Crippen LogP contribution in [0, 0.1) is 6.92 Å². The molecule has 0 unspecified atom stereocenters. The largest absolute Gasteiger partial charge is 0.342 e. The van der Waals surface area contributed by atoms with Crippen LogP contribution in [0.15, 0.2) is 23.1 Å². The molecule has 1 aromatic heterocycles. The summed E-state index contributed by atoms with van der Waals surface area (Å²) in [4.78, 5) is 18.4. The molecule has 0 spiro atoms. The van der Waals surface area contributed by atoms with Crippen molar-refractivity contribution >= 4 is 22.8 Å². The number of aryl methyl sites for hydroxylation is 1. The van der Waals surface area contributed by atoms with Gasteiger partial charge in [0.25, 0.3) is 0 Å². The van der Waals surface area contributed by atoms with Crippen molar-refractivity contribution in [3.05, 3.63) is 33.8 Å². The van der Waals surface area contributed by atoms with E-state index in [2.05, 4.69) is 18.0 Å². The Hall–Kier alpha value is -1.42. The minimum atomic E-state index is 0.134. The lowest BCUT2D eigenvalue weighted by Gasteiger charge is -2.16. The number of thiazole rings is 1. The first kappa shape index (κ1) is 13.0. The van der Waals surface area contributed by atoms with Gasteiger partial charge in [0, 0.05) is 24.5 Å². The predicted molar refractivity (Wildman–Crippen MR) is 75.5 cm³/mol. The molecule has 0 radical (unpaired) electrons. The highest BCUT2D eigenvalue weighted by molar-refractivity contribution is 7.09. The fourth-order valence-electron chi connectivity index (χ4n) is 2.03. The van der Waals surface area contributed by atoms with Gasteiger partial charge in [0.05, 0.1) is 10.7 Å². The van der Waals surface area contributed by atoms with Gasteiger partial charge in [-0.2, -0.15) is 0 Å². The number of hydrogen-bond acceptors (Lipinski definition) is 3. The number of hydrogen-bond donors (Lipinski definition) is 0. The summed E-state index contributed by atoms with van der Waals surface area (Å²) in [5, 5.41) is 3.10. The molecule has 0 fully saturated rings. The number of allylic oxidation sites excluding steroid dienone is 3. The van der Waals surface area contributed by atoms with Gasteiger partial charge >= 0.3 is 0 Å². The maximum absolute atomic E-state index is 12.1. The molecule has 1 aliphatic carbocycles. The van der Waals surface area contributed by atoms with Crippen molar-refractivity contribution in [3.63, 3.8) is 0 Å². The smallest absolute Gasteiger partial charge is 0.249 e. The quantitative estimate of drug-likeness (QED) is 0.835. The Morgan fingerprint density at radius 3 is 2.94 bits per heavy atom. The third-order valence-electron chi connectivity index (χ3n) is 2.97. The lowest BCUT2D eigenvalue weighted by molar-refractivity contribution is -0.125. The van der Waals surface area contributed by atoms with Crippen molar-refractivity contribution in [3.8, 4) is 0 Å². The SMILES string of the molecule is CCCN(C)C(=O)C1=CC(c2csc(C)n2)=CC1. The second kappa shape index (κ2) is 5.48. The van der Waals surface area contributed by atoms with Crippen LogP contribution in [0.25, 0.3) is 5.57 Å². The van der Waals surface area contributed by atoms with Crippen LogP contribution in [0.4, 0.5) is 0 Å². The van der Waals surface area contributed by atoms with E-state index in [1.807, 2.05) is 25.4 Å². The molecule has 1 aromatic rings. The third-order valence-corrected chi connectivity index (χ3v) is 3.74.